The number of nitrogens with one attached hydrogen (secondary N) is 2. The van der Waals surface area contributed by atoms with Crippen molar-refractivity contribution in [3.05, 3.63) is 52.7 Å². The Morgan fingerprint density at radius 3 is 2.84 bits per heavy atom. The Balaban J connectivity index is 1.50. The van der Waals surface area contributed by atoms with Gasteiger partial charge in [-0.3, -0.25) is 14.4 Å². The maximum absolute atomic E-state index is 13.1. The predicted octanol–water partition coefficient (Wildman–Crippen LogP) is 1.94. The summed E-state index contributed by atoms with van der Waals surface area (Å²) in [6.07, 6.45) is 1.80. The number of rotatable bonds is 5. The summed E-state index contributed by atoms with van der Waals surface area (Å²) in [4.78, 5) is 44.4. The molecule has 0 radical (unpaired) electrons. The summed E-state index contributed by atoms with van der Waals surface area (Å²) in [7, 11) is 3.36. The molecule has 0 aliphatic carbocycles. The minimum absolute atomic E-state index is 0.152. The molecule has 0 bridgehead atoms. The molecule has 1 aromatic carbocycles. The molecule has 0 fully saturated rings. The molecule has 9 heteroatoms. The molecule has 9 nitrogen and oxygen atoms in total. The third-order valence-electron chi connectivity index (χ3n) is 5.84. The van der Waals surface area contributed by atoms with Crippen LogP contribution in [-0.4, -0.2) is 64.4 Å². The predicted molar refractivity (Wildman–Crippen MR) is 119 cm³/mol. The summed E-state index contributed by atoms with van der Waals surface area (Å²) in [6, 6.07) is 8.37. The second kappa shape index (κ2) is 8.86. The fraction of sp³-hybridized carbons (Fsp3) is 0.391. The molecule has 2 amide bonds. The van der Waals surface area contributed by atoms with E-state index in [0.717, 1.165) is 36.5 Å². The van der Waals surface area contributed by atoms with Crippen LogP contribution in [-0.2, 0) is 29.1 Å². The van der Waals surface area contributed by atoms with Gasteiger partial charge in [0, 0.05) is 38.4 Å². The number of nitrogens with zero attached hydrogens (tertiary/aromatic N) is 3. The van der Waals surface area contributed by atoms with E-state index in [1.54, 1.807) is 37.2 Å². The molecule has 0 spiro atoms. The van der Waals surface area contributed by atoms with E-state index in [1.807, 2.05) is 6.07 Å². The van der Waals surface area contributed by atoms with Crippen molar-refractivity contribution in [2.75, 3.05) is 31.3 Å². The molecule has 3 N–H and O–H groups in total. The molecular weight excluding hydrogens is 410 g/mol. The standard InChI is InChI=1S/C23H27N5O4/c1-27-12-16-10-15(6-8-18(16)26-19(23(27)32)11-20(29)30)22(31)28(2)13-17-7-5-14-4-3-9-24-21(14)25-17/h5-8,10,19,26H,3-4,9,11-13H2,1-2H3,(H,24,25)(H,29,30)/t19-/m0/s1. The van der Waals surface area contributed by atoms with Crippen LogP contribution in [0.3, 0.4) is 0 Å². The zero-order valence-corrected chi connectivity index (χ0v) is 18.2. The number of aliphatic carboxylic acids is 1. The van der Waals surface area contributed by atoms with Crippen molar-refractivity contribution in [1.29, 1.82) is 0 Å². The van der Waals surface area contributed by atoms with Crippen LogP contribution in [0, 0.1) is 0 Å². The molecule has 2 aliphatic rings. The van der Waals surface area contributed by atoms with E-state index in [0.29, 0.717) is 24.3 Å². The third kappa shape index (κ3) is 4.51. The van der Waals surface area contributed by atoms with Crippen LogP contribution in [0.5, 0.6) is 0 Å². The lowest BCUT2D eigenvalue weighted by atomic mass is 10.1. The average Bonchev–Trinajstić information content (AvgIpc) is 2.88. The summed E-state index contributed by atoms with van der Waals surface area (Å²) < 4.78 is 0. The normalized spacial score (nSPS) is 17.4. The van der Waals surface area contributed by atoms with Crippen molar-refractivity contribution in [2.24, 2.45) is 0 Å². The van der Waals surface area contributed by atoms with Crippen molar-refractivity contribution >= 4 is 29.3 Å². The first-order chi connectivity index (χ1) is 15.3. The van der Waals surface area contributed by atoms with Crippen LogP contribution in [0.4, 0.5) is 11.5 Å². The number of carbonyl (C=O) groups excluding carboxylic acids is 2. The number of amides is 2. The Hall–Kier alpha value is -3.62. The van der Waals surface area contributed by atoms with Crippen LogP contribution < -0.4 is 10.6 Å². The second-order valence-corrected chi connectivity index (χ2v) is 8.36. The molecular formula is C23H27N5O4. The Morgan fingerprint density at radius 1 is 1.25 bits per heavy atom. The van der Waals surface area contributed by atoms with Gasteiger partial charge in [-0.2, -0.15) is 0 Å². The Bertz CT molecular complexity index is 1070. The highest BCUT2D eigenvalue weighted by molar-refractivity contribution is 5.95. The number of benzene rings is 1. The second-order valence-electron chi connectivity index (χ2n) is 8.36. The highest BCUT2D eigenvalue weighted by Gasteiger charge is 2.29. The van der Waals surface area contributed by atoms with Crippen LogP contribution in [0.25, 0.3) is 0 Å². The largest absolute Gasteiger partial charge is 0.481 e. The van der Waals surface area contributed by atoms with Crippen LogP contribution in [0.15, 0.2) is 30.3 Å². The van der Waals surface area contributed by atoms with E-state index in [9.17, 15) is 14.4 Å². The van der Waals surface area contributed by atoms with E-state index >= 15 is 0 Å². The minimum Gasteiger partial charge on any atom is -0.481 e. The number of carboxylic acid groups (broad SMARTS) is 1. The average molecular weight is 438 g/mol. The van der Waals surface area contributed by atoms with E-state index < -0.39 is 12.0 Å². The maximum atomic E-state index is 13.1. The SMILES string of the molecule is CN(Cc1ccc2c(n1)NCCC2)C(=O)c1ccc2c(c1)CN(C)C(=O)[C@H](CC(=O)O)N2. The zero-order chi connectivity index (χ0) is 22.8. The fourth-order valence-corrected chi connectivity index (χ4v) is 4.15. The van der Waals surface area contributed by atoms with Crippen LogP contribution in [0.2, 0.25) is 0 Å². The summed E-state index contributed by atoms with van der Waals surface area (Å²) in [5, 5.41) is 15.4. The smallest absolute Gasteiger partial charge is 0.305 e. The molecule has 1 aromatic heterocycles. The number of carbonyl (C=O) groups is 3. The first kappa shape index (κ1) is 21.6. The Labute approximate surface area is 186 Å². The van der Waals surface area contributed by atoms with Gasteiger partial charge in [0.15, 0.2) is 0 Å². The van der Waals surface area contributed by atoms with Crippen LogP contribution in [0.1, 0.15) is 40.0 Å². The third-order valence-corrected chi connectivity index (χ3v) is 5.84. The van der Waals surface area contributed by atoms with Gasteiger partial charge in [0.2, 0.25) is 5.91 Å². The van der Waals surface area contributed by atoms with E-state index in [2.05, 4.69) is 21.7 Å². The van der Waals surface area contributed by atoms with Crippen molar-refractivity contribution in [2.45, 2.75) is 38.4 Å². The van der Waals surface area contributed by atoms with Crippen molar-refractivity contribution < 1.29 is 19.5 Å². The van der Waals surface area contributed by atoms with Gasteiger partial charge in [-0.25, -0.2) is 4.98 Å². The van der Waals surface area contributed by atoms with Crippen molar-refractivity contribution in [3.8, 4) is 0 Å². The first-order valence-corrected chi connectivity index (χ1v) is 10.7. The number of likely N-dealkylation sites (N-methyl/N-ethyl adjacent to an activating group) is 1. The molecule has 0 saturated carbocycles. The van der Waals surface area contributed by atoms with Gasteiger partial charge in [0.1, 0.15) is 11.9 Å². The van der Waals surface area contributed by atoms with Gasteiger partial charge < -0.3 is 25.5 Å². The van der Waals surface area contributed by atoms with Gasteiger partial charge in [-0.05, 0) is 48.2 Å². The Morgan fingerprint density at radius 2 is 2.06 bits per heavy atom. The molecule has 4 rings (SSSR count). The van der Waals surface area contributed by atoms with Gasteiger partial charge in [-0.1, -0.05) is 6.07 Å². The summed E-state index contributed by atoms with van der Waals surface area (Å²) >= 11 is 0. The number of fused-ring (bicyclic) bond motifs is 2. The van der Waals surface area contributed by atoms with E-state index in [4.69, 9.17) is 5.11 Å². The van der Waals surface area contributed by atoms with Gasteiger partial charge >= 0.3 is 5.97 Å². The number of hydrogen-bond acceptors (Lipinski definition) is 6. The van der Waals surface area contributed by atoms with Gasteiger partial charge in [0.05, 0.1) is 18.7 Å². The molecule has 0 unspecified atom stereocenters. The molecule has 1 atom stereocenters. The highest BCUT2D eigenvalue weighted by atomic mass is 16.4. The monoisotopic (exact) mass is 437 g/mol. The molecule has 3 heterocycles. The van der Waals surface area contributed by atoms with Gasteiger partial charge in [-0.15, -0.1) is 0 Å². The number of aryl methyl sites for hydroxylation is 1. The number of carboxylic acids is 1. The topological polar surface area (TPSA) is 115 Å². The quantitative estimate of drug-likeness (QED) is 0.655. The molecule has 32 heavy (non-hydrogen) atoms. The molecule has 168 valence electrons. The van der Waals surface area contributed by atoms with Crippen molar-refractivity contribution in [1.82, 2.24) is 14.8 Å². The summed E-state index contributed by atoms with van der Waals surface area (Å²) in [6.45, 7) is 1.58. The van der Waals surface area contributed by atoms with Crippen LogP contribution >= 0.6 is 0 Å². The molecule has 2 aliphatic heterocycles. The number of anilines is 2. The Kier molecular flexibility index (Phi) is 5.98. The fourth-order valence-electron chi connectivity index (χ4n) is 4.15. The first-order valence-electron chi connectivity index (χ1n) is 10.7. The minimum atomic E-state index is -1.05. The molecule has 0 saturated heterocycles. The summed E-state index contributed by atoms with van der Waals surface area (Å²) in [5.74, 6) is -0.595. The van der Waals surface area contributed by atoms with Crippen molar-refractivity contribution in [3.63, 3.8) is 0 Å². The highest BCUT2D eigenvalue weighted by Crippen LogP contribution is 2.26. The molecule has 2 aromatic rings. The number of hydrogen-bond donors (Lipinski definition) is 3. The maximum Gasteiger partial charge on any atom is 0.305 e. The number of aromatic nitrogens is 1. The lowest BCUT2D eigenvalue weighted by Crippen LogP contribution is -2.39. The lowest BCUT2D eigenvalue weighted by Gasteiger charge is -2.21. The lowest BCUT2D eigenvalue weighted by molar-refractivity contribution is -0.141. The van der Waals surface area contributed by atoms with Gasteiger partial charge in [0.25, 0.3) is 5.91 Å². The summed E-state index contributed by atoms with van der Waals surface area (Å²) in [5.41, 5.74) is 3.95. The zero-order valence-electron chi connectivity index (χ0n) is 18.2. The van der Waals surface area contributed by atoms with E-state index in [1.165, 1.54) is 10.5 Å². The number of pyridine rings is 1. The van der Waals surface area contributed by atoms with E-state index in [-0.39, 0.29) is 18.2 Å².